The summed E-state index contributed by atoms with van der Waals surface area (Å²) >= 11 is 6.20. The van der Waals surface area contributed by atoms with Gasteiger partial charge in [-0.1, -0.05) is 11.6 Å². The van der Waals surface area contributed by atoms with Crippen molar-refractivity contribution in [1.29, 1.82) is 0 Å². The molecule has 0 spiro atoms. The summed E-state index contributed by atoms with van der Waals surface area (Å²) in [7, 11) is 2.07. The summed E-state index contributed by atoms with van der Waals surface area (Å²) in [5.41, 5.74) is 2.49. The number of aryl methyl sites for hydroxylation is 1. The number of carbonyl (C=O) groups is 1. The normalized spacial score (nSPS) is 15.9. The van der Waals surface area contributed by atoms with Crippen molar-refractivity contribution >= 4 is 28.4 Å². The lowest BCUT2D eigenvalue weighted by Gasteiger charge is -2.31. The number of aromatic nitrogens is 1. The molecule has 1 aromatic carbocycles. The summed E-state index contributed by atoms with van der Waals surface area (Å²) in [5, 5.41) is 5.04. The van der Waals surface area contributed by atoms with Gasteiger partial charge in [-0.2, -0.15) is 0 Å². The van der Waals surface area contributed by atoms with E-state index in [1.807, 2.05) is 24.3 Å². The molecule has 4 rings (SSSR count). The zero-order chi connectivity index (χ0) is 19.5. The van der Waals surface area contributed by atoms with Crippen molar-refractivity contribution in [2.75, 3.05) is 19.6 Å². The lowest BCUT2D eigenvalue weighted by Crippen LogP contribution is -2.40. The highest BCUT2D eigenvalue weighted by Crippen LogP contribution is 2.27. The summed E-state index contributed by atoms with van der Waals surface area (Å²) in [5.74, 6) is 1.18. The first kappa shape index (κ1) is 19.1. The Hall–Kier alpha value is -2.24. The number of nitrogens with zero attached hydrogens (tertiary/aromatic N) is 2. The molecule has 28 heavy (non-hydrogen) atoms. The molecule has 148 valence electrons. The zero-order valence-corrected chi connectivity index (χ0v) is 16.9. The van der Waals surface area contributed by atoms with Crippen LogP contribution in [0, 0.1) is 5.92 Å². The maximum absolute atomic E-state index is 12.4. The van der Waals surface area contributed by atoms with Crippen molar-refractivity contribution in [2.45, 2.75) is 25.8 Å². The largest absolute Gasteiger partial charge is 0.469 e. The molecule has 0 aliphatic carbocycles. The minimum atomic E-state index is 0.106. The molecule has 1 saturated heterocycles. The number of hydrogen-bond acceptors (Lipinski definition) is 3. The number of hydrogen-bond donors (Lipinski definition) is 1. The highest BCUT2D eigenvalue weighted by Gasteiger charge is 2.25. The highest BCUT2D eigenvalue weighted by molar-refractivity contribution is 6.31. The first-order valence-electron chi connectivity index (χ1n) is 9.86. The van der Waals surface area contributed by atoms with Crippen LogP contribution in [-0.4, -0.2) is 35.0 Å². The molecule has 1 amide bonds. The van der Waals surface area contributed by atoms with Gasteiger partial charge in [-0.3, -0.25) is 9.69 Å². The molecule has 3 aromatic rings. The monoisotopic (exact) mass is 399 g/mol. The molecule has 2 aromatic heterocycles. The Morgan fingerprint density at radius 2 is 2.11 bits per heavy atom. The Kier molecular flexibility index (Phi) is 5.74. The molecule has 0 unspecified atom stereocenters. The molecule has 0 atom stereocenters. The van der Waals surface area contributed by atoms with E-state index in [0.29, 0.717) is 6.54 Å². The van der Waals surface area contributed by atoms with Gasteiger partial charge in [0.25, 0.3) is 0 Å². The minimum Gasteiger partial charge on any atom is -0.469 e. The van der Waals surface area contributed by atoms with Gasteiger partial charge in [0.1, 0.15) is 5.76 Å². The van der Waals surface area contributed by atoms with Gasteiger partial charge < -0.3 is 14.3 Å². The number of benzene rings is 1. The predicted molar refractivity (Wildman–Crippen MR) is 111 cm³/mol. The van der Waals surface area contributed by atoms with Gasteiger partial charge in [0, 0.05) is 54.6 Å². The number of fused-ring (bicyclic) bond motifs is 1. The maximum Gasteiger partial charge on any atom is 0.223 e. The number of carbonyl (C=O) groups excluding carboxylic acids is 1. The Labute approximate surface area is 170 Å². The Morgan fingerprint density at radius 3 is 2.86 bits per heavy atom. The lowest BCUT2D eigenvalue weighted by atomic mass is 9.95. The Morgan fingerprint density at radius 1 is 1.29 bits per heavy atom. The summed E-state index contributed by atoms with van der Waals surface area (Å²) in [6.45, 7) is 3.40. The zero-order valence-electron chi connectivity index (χ0n) is 16.2. The van der Waals surface area contributed by atoms with Crippen LogP contribution >= 0.6 is 11.6 Å². The van der Waals surface area contributed by atoms with E-state index in [9.17, 15) is 4.79 Å². The van der Waals surface area contributed by atoms with Gasteiger partial charge in [-0.05, 0) is 61.8 Å². The van der Waals surface area contributed by atoms with Crippen LogP contribution in [0.3, 0.4) is 0 Å². The van der Waals surface area contributed by atoms with Crippen LogP contribution < -0.4 is 5.32 Å². The van der Waals surface area contributed by atoms with Crippen LogP contribution in [0.1, 0.15) is 24.2 Å². The Bertz CT molecular complexity index is 940. The Balaban J connectivity index is 1.28. The maximum atomic E-state index is 12.4. The van der Waals surface area contributed by atoms with E-state index < -0.39 is 0 Å². The van der Waals surface area contributed by atoms with E-state index in [1.165, 1.54) is 16.5 Å². The van der Waals surface area contributed by atoms with Crippen LogP contribution in [0.15, 0.2) is 47.2 Å². The second kappa shape index (κ2) is 8.41. The van der Waals surface area contributed by atoms with Crippen molar-refractivity contribution in [2.24, 2.45) is 13.0 Å². The number of piperidine rings is 1. The lowest BCUT2D eigenvalue weighted by molar-refractivity contribution is -0.126. The quantitative estimate of drug-likeness (QED) is 0.681. The van der Waals surface area contributed by atoms with Crippen molar-refractivity contribution in [3.63, 3.8) is 0 Å². The fraction of sp³-hybridized carbons (Fsp3) is 0.409. The number of amides is 1. The third kappa shape index (κ3) is 4.26. The number of nitrogens with one attached hydrogen (secondary N) is 1. The number of likely N-dealkylation sites (tertiary alicyclic amines) is 1. The molecular weight excluding hydrogens is 374 g/mol. The SMILES string of the molecule is Cn1cc(CN2CCC(C(=O)NCCc3ccco3)CC2)c2cc(Cl)ccc21. The minimum absolute atomic E-state index is 0.106. The van der Waals surface area contributed by atoms with Gasteiger partial charge in [0.2, 0.25) is 5.91 Å². The van der Waals surface area contributed by atoms with Crippen molar-refractivity contribution in [3.05, 3.63) is 59.1 Å². The second-order valence-electron chi connectivity index (χ2n) is 7.60. The van der Waals surface area contributed by atoms with Crippen LogP contribution in [0.4, 0.5) is 0 Å². The van der Waals surface area contributed by atoms with E-state index in [1.54, 1.807) is 6.26 Å². The average molecular weight is 400 g/mol. The summed E-state index contributed by atoms with van der Waals surface area (Å²) in [6.07, 6.45) is 6.39. The van der Waals surface area contributed by atoms with Crippen molar-refractivity contribution in [3.8, 4) is 0 Å². The topological polar surface area (TPSA) is 50.4 Å². The predicted octanol–water partition coefficient (Wildman–Crippen LogP) is 4.00. The number of halogens is 1. The average Bonchev–Trinajstić information content (AvgIpc) is 3.31. The van der Waals surface area contributed by atoms with E-state index >= 15 is 0 Å². The van der Waals surface area contributed by atoms with Gasteiger partial charge >= 0.3 is 0 Å². The molecule has 1 aliphatic heterocycles. The first-order valence-corrected chi connectivity index (χ1v) is 10.2. The third-order valence-electron chi connectivity index (χ3n) is 5.64. The summed E-state index contributed by atoms with van der Waals surface area (Å²) in [4.78, 5) is 14.9. The van der Waals surface area contributed by atoms with Crippen LogP contribution in [-0.2, 0) is 24.8 Å². The molecule has 0 radical (unpaired) electrons. The van der Waals surface area contributed by atoms with Crippen molar-refractivity contribution in [1.82, 2.24) is 14.8 Å². The first-order chi connectivity index (χ1) is 13.6. The number of rotatable bonds is 6. The van der Waals surface area contributed by atoms with E-state index in [0.717, 1.165) is 49.7 Å². The standard InChI is InChI=1S/C22H26ClN3O2/c1-25-14-17(20-13-18(23)4-5-21(20)25)15-26-10-7-16(8-11-26)22(27)24-9-6-19-3-2-12-28-19/h2-5,12-14,16H,6-11,15H2,1H3,(H,24,27). The molecular formula is C22H26ClN3O2. The van der Waals surface area contributed by atoms with Crippen LogP contribution in [0.25, 0.3) is 10.9 Å². The number of furan rings is 1. The second-order valence-corrected chi connectivity index (χ2v) is 8.03. The molecule has 1 aliphatic rings. The van der Waals surface area contributed by atoms with Gasteiger partial charge in [0.05, 0.1) is 6.26 Å². The van der Waals surface area contributed by atoms with Crippen molar-refractivity contribution < 1.29 is 9.21 Å². The smallest absolute Gasteiger partial charge is 0.223 e. The molecule has 1 fully saturated rings. The molecule has 6 heteroatoms. The van der Waals surface area contributed by atoms with E-state index in [-0.39, 0.29) is 11.8 Å². The molecule has 1 N–H and O–H groups in total. The molecule has 5 nitrogen and oxygen atoms in total. The van der Waals surface area contributed by atoms with E-state index in [4.69, 9.17) is 16.0 Å². The van der Waals surface area contributed by atoms with Gasteiger partial charge in [-0.15, -0.1) is 0 Å². The van der Waals surface area contributed by atoms with Crippen LogP contribution in [0.5, 0.6) is 0 Å². The summed E-state index contributed by atoms with van der Waals surface area (Å²) in [6, 6.07) is 9.86. The third-order valence-corrected chi connectivity index (χ3v) is 5.87. The van der Waals surface area contributed by atoms with Gasteiger partial charge in [-0.25, -0.2) is 0 Å². The van der Waals surface area contributed by atoms with Gasteiger partial charge in [0.15, 0.2) is 0 Å². The van der Waals surface area contributed by atoms with E-state index in [2.05, 4.69) is 34.1 Å². The van der Waals surface area contributed by atoms with Crippen LogP contribution in [0.2, 0.25) is 5.02 Å². The highest BCUT2D eigenvalue weighted by atomic mass is 35.5. The molecule has 0 bridgehead atoms. The molecule has 0 saturated carbocycles. The fourth-order valence-corrected chi connectivity index (χ4v) is 4.25. The summed E-state index contributed by atoms with van der Waals surface area (Å²) < 4.78 is 7.46. The fourth-order valence-electron chi connectivity index (χ4n) is 4.07. The molecule has 3 heterocycles.